The topological polar surface area (TPSA) is 460 Å². The molecule has 28 nitrogen and oxygen atoms in total. The lowest BCUT2D eigenvalue weighted by Gasteiger charge is -2.12. The summed E-state index contributed by atoms with van der Waals surface area (Å²) in [6, 6.07) is 16.2. The van der Waals surface area contributed by atoms with Crippen LogP contribution in [-0.4, -0.2) is 78.9 Å². The number of hydrogen-bond acceptors (Lipinski definition) is 19. The highest BCUT2D eigenvalue weighted by atomic mass is 32.2. The van der Waals surface area contributed by atoms with E-state index in [2.05, 4.69) is 56.7 Å². The normalized spacial score (nSPS) is 12.4. The van der Waals surface area contributed by atoms with Crippen molar-refractivity contribution in [3.05, 3.63) is 108 Å². The number of carbonyl (C=O) groups excluding carboxylic acids is 2. The Morgan fingerprint density at radius 3 is 1.33 bits per heavy atom. The number of anilines is 6. The van der Waals surface area contributed by atoms with Crippen LogP contribution >= 0.6 is 0 Å². The van der Waals surface area contributed by atoms with Gasteiger partial charge < -0.3 is 32.7 Å². The van der Waals surface area contributed by atoms with Gasteiger partial charge in [-0.05, 0) is 72.8 Å². The van der Waals surface area contributed by atoms with Gasteiger partial charge in [0, 0.05) is 32.9 Å². The summed E-state index contributed by atoms with van der Waals surface area (Å²) in [6.45, 7) is 0. The predicted molar refractivity (Wildman–Crippen MR) is 244 cm³/mol. The van der Waals surface area contributed by atoms with Crippen molar-refractivity contribution in [2.24, 2.45) is 31.9 Å². The minimum absolute atomic E-state index is 0.107. The molecular formula is C37H29N13O15S4. The third-order valence-electron chi connectivity index (χ3n) is 9.14. The first-order valence-electron chi connectivity index (χ1n) is 18.5. The number of aromatic nitrogens is 3. The lowest BCUT2D eigenvalue weighted by Crippen LogP contribution is -2.19. The second-order valence-electron chi connectivity index (χ2n) is 13.9. The fraction of sp³-hybridized carbons (Fsp3) is 0. The Labute approximate surface area is 386 Å². The number of H-pyrrole nitrogens is 1. The lowest BCUT2D eigenvalue weighted by molar-refractivity contribution is 0.258. The Morgan fingerprint density at radius 2 is 0.928 bits per heavy atom. The van der Waals surface area contributed by atoms with Crippen molar-refractivity contribution in [3.8, 4) is 0 Å². The molecule has 7 rings (SSSR count). The van der Waals surface area contributed by atoms with Crippen molar-refractivity contribution in [1.29, 1.82) is 0 Å². The standard InChI is InChI=1S/C37H29N13O15S4/c38-33(51)42-27-13-17(7-9-25(27)49-47-19-11-23-21(31(15-19)68(60,61)62)3-1-5-29(23)66(54,55)56)40-35-44-36(46-37(53)45-35)41-18-8-10-26(28(14-18)43-34(39)52)50-48-20-12-24-22(32(16-20)69(63,64)65)4-2-6-30(24)67(57,58)59/h1-16H,(H3,38,42,51)(H3,39,43,52)(H,54,55,56)(H,57,58,59)(H,60,61,62)(H,63,64,65)(H3,40,41,44,45,46,53). The maximum Gasteiger partial charge on any atom is 0.351 e. The number of nitrogens with zero attached hydrogens (tertiary/aromatic N) is 6. The van der Waals surface area contributed by atoms with Crippen LogP contribution in [0.4, 0.5) is 67.0 Å². The summed E-state index contributed by atoms with van der Waals surface area (Å²) in [5, 5.41) is 24.9. The van der Waals surface area contributed by atoms with Gasteiger partial charge >= 0.3 is 17.8 Å². The number of urea groups is 2. The molecule has 0 bridgehead atoms. The molecule has 0 atom stereocenters. The first kappa shape index (κ1) is 48.6. The molecular weight excluding hydrogens is 995 g/mol. The van der Waals surface area contributed by atoms with E-state index in [1.54, 1.807) is 0 Å². The van der Waals surface area contributed by atoms with Crippen LogP contribution in [0.1, 0.15) is 0 Å². The lowest BCUT2D eigenvalue weighted by atomic mass is 10.1. The molecule has 13 N–H and O–H groups in total. The van der Waals surface area contributed by atoms with Crippen molar-refractivity contribution in [1.82, 2.24) is 15.0 Å². The average molecular weight is 1020 g/mol. The third-order valence-corrected chi connectivity index (χ3v) is 12.8. The van der Waals surface area contributed by atoms with Crippen molar-refractivity contribution in [3.63, 3.8) is 0 Å². The summed E-state index contributed by atoms with van der Waals surface area (Å²) in [5.41, 5.74) is 8.93. The van der Waals surface area contributed by atoms with Crippen molar-refractivity contribution >= 4 is 131 Å². The number of azo groups is 2. The minimum Gasteiger partial charge on any atom is -0.351 e. The van der Waals surface area contributed by atoms with Crippen LogP contribution in [0, 0.1) is 0 Å². The predicted octanol–water partition coefficient (Wildman–Crippen LogP) is 5.76. The third kappa shape index (κ3) is 11.4. The zero-order valence-corrected chi connectivity index (χ0v) is 37.3. The Hall–Kier alpha value is -8.37. The van der Waals surface area contributed by atoms with E-state index in [1.165, 1.54) is 48.5 Å². The van der Waals surface area contributed by atoms with Crippen molar-refractivity contribution in [2.75, 3.05) is 21.3 Å². The molecule has 1 aromatic heterocycles. The van der Waals surface area contributed by atoms with E-state index in [0.29, 0.717) is 0 Å². The summed E-state index contributed by atoms with van der Waals surface area (Å²) in [6.07, 6.45) is 0. The molecule has 0 radical (unpaired) electrons. The highest BCUT2D eigenvalue weighted by molar-refractivity contribution is 7.87. The van der Waals surface area contributed by atoms with Crippen molar-refractivity contribution in [2.45, 2.75) is 19.6 Å². The summed E-state index contributed by atoms with van der Waals surface area (Å²) < 4.78 is 137. The first-order valence-corrected chi connectivity index (χ1v) is 24.3. The molecule has 0 saturated carbocycles. The van der Waals surface area contributed by atoms with Crippen LogP contribution in [0.25, 0.3) is 21.5 Å². The van der Waals surface area contributed by atoms with Gasteiger partial charge in [-0.2, -0.15) is 53.9 Å². The molecule has 0 aliphatic rings. The van der Waals surface area contributed by atoms with E-state index in [1.807, 2.05) is 0 Å². The number of hydrogen-bond donors (Lipinski definition) is 11. The van der Waals surface area contributed by atoms with Gasteiger partial charge in [0.25, 0.3) is 40.5 Å². The van der Waals surface area contributed by atoms with Gasteiger partial charge in [0.1, 0.15) is 31.0 Å². The number of aromatic amines is 1. The van der Waals surface area contributed by atoms with E-state index < -0.39 is 77.8 Å². The number of nitrogens with one attached hydrogen (secondary N) is 5. The second kappa shape index (κ2) is 18.4. The Balaban J connectivity index is 1.17. The number of primary amides is 2. The fourth-order valence-corrected chi connectivity index (χ4v) is 9.31. The van der Waals surface area contributed by atoms with E-state index in [-0.39, 0.29) is 78.9 Å². The molecule has 4 amide bonds. The van der Waals surface area contributed by atoms with E-state index in [9.17, 15) is 66.3 Å². The highest BCUT2D eigenvalue weighted by Gasteiger charge is 2.23. The Morgan fingerprint density at radius 1 is 0.507 bits per heavy atom. The maximum absolute atomic E-state index is 12.7. The molecule has 356 valence electrons. The van der Waals surface area contributed by atoms with Crippen molar-refractivity contribution < 1.29 is 61.5 Å². The molecule has 1 heterocycles. The van der Waals surface area contributed by atoms with Crippen LogP contribution in [0.3, 0.4) is 0 Å². The molecule has 0 aliphatic heterocycles. The molecule has 0 saturated heterocycles. The van der Waals surface area contributed by atoms with E-state index >= 15 is 0 Å². The van der Waals surface area contributed by atoms with E-state index in [4.69, 9.17) is 11.5 Å². The molecule has 0 fully saturated rings. The number of carbonyl (C=O) groups is 2. The summed E-state index contributed by atoms with van der Waals surface area (Å²) in [7, 11) is -19.7. The van der Waals surface area contributed by atoms with Crippen LogP contribution < -0.4 is 38.4 Å². The van der Waals surface area contributed by atoms with Crippen LogP contribution in [0.5, 0.6) is 0 Å². The zero-order chi connectivity index (χ0) is 50.2. The molecule has 0 unspecified atom stereocenters. The van der Waals surface area contributed by atoms with Crippen LogP contribution in [0.2, 0.25) is 0 Å². The van der Waals surface area contributed by atoms with Gasteiger partial charge in [-0.3, -0.25) is 23.2 Å². The average Bonchev–Trinajstić information content (AvgIpc) is 3.23. The first-order chi connectivity index (χ1) is 32.2. The largest absolute Gasteiger partial charge is 0.351 e. The molecule has 0 spiro atoms. The summed E-state index contributed by atoms with van der Waals surface area (Å²) in [4.78, 5) is 44.0. The van der Waals surface area contributed by atoms with Gasteiger partial charge in [0.15, 0.2) is 0 Å². The monoisotopic (exact) mass is 1020 g/mol. The second-order valence-corrected chi connectivity index (χ2v) is 19.5. The zero-order valence-electron chi connectivity index (χ0n) is 34.0. The minimum atomic E-state index is -4.98. The number of benzene rings is 6. The van der Waals surface area contributed by atoms with E-state index in [0.717, 1.165) is 48.5 Å². The van der Waals surface area contributed by atoms with Gasteiger partial charge in [-0.15, -0.1) is 10.2 Å². The Kier molecular flexibility index (Phi) is 12.9. The summed E-state index contributed by atoms with van der Waals surface area (Å²) >= 11 is 0. The number of fused-ring (bicyclic) bond motifs is 2. The molecule has 32 heteroatoms. The van der Waals surface area contributed by atoms with Gasteiger partial charge in [0.05, 0.1) is 22.7 Å². The Bertz CT molecular complexity index is 3660. The maximum atomic E-state index is 12.7. The number of rotatable bonds is 14. The molecule has 69 heavy (non-hydrogen) atoms. The van der Waals surface area contributed by atoms with Crippen LogP contribution in [-0.2, 0) is 40.5 Å². The number of nitrogens with two attached hydrogens (primary N) is 2. The van der Waals surface area contributed by atoms with Gasteiger partial charge in [-0.25, -0.2) is 14.4 Å². The molecule has 7 aromatic rings. The molecule has 0 aliphatic carbocycles. The quantitative estimate of drug-likeness (QED) is 0.0455. The summed E-state index contributed by atoms with van der Waals surface area (Å²) in [5.74, 6) is -0.569. The molecule has 6 aromatic carbocycles. The van der Waals surface area contributed by atoms with Gasteiger partial charge in [0.2, 0.25) is 11.9 Å². The smallest absolute Gasteiger partial charge is 0.351 e. The highest BCUT2D eigenvalue weighted by Crippen LogP contribution is 2.38. The fourth-order valence-electron chi connectivity index (χ4n) is 6.47. The number of amides is 4. The van der Waals surface area contributed by atoms with Crippen LogP contribution in [0.15, 0.2) is 142 Å². The van der Waals surface area contributed by atoms with Gasteiger partial charge in [-0.1, -0.05) is 24.3 Å². The SMILES string of the molecule is NC(=O)Nc1cc(Nc2nc(Nc3ccc(N=Nc4cc(S(=O)(=O)O)c5cccc(S(=O)(=O)O)c5c4)c(NC(N)=O)c3)[nH]c(=O)n2)ccc1N=Nc1cc(S(=O)(=O)O)c2cccc(S(=O)(=O)O)c2c1.